The predicted molar refractivity (Wildman–Crippen MR) is 108 cm³/mol. The Hall–Kier alpha value is -3.66. The van der Waals surface area contributed by atoms with Crippen molar-refractivity contribution in [2.45, 2.75) is 10.4 Å². The molecule has 2 aromatic heterocycles. The first-order valence-electron chi connectivity index (χ1n) is 8.94. The van der Waals surface area contributed by atoms with Crippen LogP contribution in [0.3, 0.4) is 0 Å². The minimum atomic E-state index is -5.49. The van der Waals surface area contributed by atoms with Crippen molar-refractivity contribution in [1.82, 2.24) is 9.38 Å². The molecule has 10 heteroatoms. The zero-order valence-corrected chi connectivity index (χ0v) is 16.5. The molecule has 0 aliphatic rings. The Morgan fingerprint density at radius 3 is 2.19 bits per heavy atom. The van der Waals surface area contributed by atoms with Crippen LogP contribution in [0.5, 0.6) is 0 Å². The maximum absolute atomic E-state index is 12.8. The third kappa shape index (κ3) is 3.77. The summed E-state index contributed by atoms with van der Waals surface area (Å²) < 4.78 is 62.8. The number of pyridine rings is 1. The Balaban J connectivity index is 1.70. The van der Waals surface area contributed by atoms with E-state index in [1.165, 1.54) is 0 Å². The molecule has 1 N–H and O–H groups in total. The molecule has 0 aliphatic carbocycles. The zero-order chi connectivity index (χ0) is 22.2. The van der Waals surface area contributed by atoms with E-state index in [9.17, 15) is 26.4 Å². The number of sulfone groups is 1. The summed E-state index contributed by atoms with van der Waals surface area (Å²) >= 11 is 0. The van der Waals surface area contributed by atoms with Crippen LogP contribution in [-0.2, 0) is 9.84 Å². The molecule has 0 spiro atoms. The summed E-state index contributed by atoms with van der Waals surface area (Å²) in [4.78, 5) is 16.4. The topological polar surface area (TPSA) is 80.5 Å². The highest BCUT2D eigenvalue weighted by atomic mass is 32.2. The molecule has 0 atom stereocenters. The fourth-order valence-electron chi connectivity index (χ4n) is 3.01. The largest absolute Gasteiger partial charge is 0.501 e. The van der Waals surface area contributed by atoms with Gasteiger partial charge in [0.2, 0.25) is 0 Å². The molecule has 1 amide bonds. The minimum Gasteiger partial charge on any atom is -0.306 e. The number of alkyl halides is 3. The number of benzene rings is 2. The molecule has 0 saturated heterocycles. The number of carbonyl (C=O) groups excluding carboxylic acids is 1. The van der Waals surface area contributed by atoms with Gasteiger partial charge in [0.15, 0.2) is 0 Å². The second-order valence-electron chi connectivity index (χ2n) is 6.53. The maximum atomic E-state index is 12.8. The van der Waals surface area contributed by atoms with Crippen LogP contribution < -0.4 is 5.32 Å². The molecule has 4 rings (SSSR count). The quantitative estimate of drug-likeness (QED) is 0.500. The molecule has 0 radical (unpaired) electrons. The van der Waals surface area contributed by atoms with Crippen molar-refractivity contribution in [2.24, 2.45) is 0 Å². The molecular formula is C21H14F3N3O3S. The number of halogens is 3. The van der Waals surface area contributed by atoms with Gasteiger partial charge < -0.3 is 5.32 Å². The standard InChI is InChI=1S/C21H14F3N3O3S/c22-21(23,24)31(29,30)16-11-9-15(10-12-16)20(28)26-19-18(14-6-2-1-3-7-14)25-17-8-4-5-13-27(17)19/h1-13H,(H,26,28). The van der Waals surface area contributed by atoms with Gasteiger partial charge >= 0.3 is 5.51 Å². The van der Waals surface area contributed by atoms with E-state index in [1.807, 2.05) is 30.3 Å². The van der Waals surface area contributed by atoms with Crippen LogP contribution >= 0.6 is 0 Å². The first-order chi connectivity index (χ1) is 14.7. The van der Waals surface area contributed by atoms with Crippen LogP contribution in [0, 0.1) is 0 Å². The van der Waals surface area contributed by atoms with Gasteiger partial charge in [0.1, 0.15) is 17.2 Å². The van der Waals surface area contributed by atoms with Crippen LogP contribution in [-0.4, -0.2) is 29.2 Å². The van der Waals surface area contributed by atoms with Gasteiger partial charge in [-0.25, -0.2) is 13.4 Å². The van der Waals surface area contributed by atoms with Crippen LogP contribution in [0.1, 0.15) is 10.4 Å². The fraction of sp³-hybridized carbons (Fsp3) is 0.0476. The van der Waals surface area contributed by atoms with Gasteiger partial charge in [-0.05, 0) is 36.4 Å². The Kier molecular flexibility index (Phi) is 5.02. The number of anilines is 1. The molecule has 0 unspecified atom stereocenters. The van der Waals surface area contributed by atoms with Crippen molar-refractivity contribution in [1.29, 1.82) is 0 Å². The van der Waals surface area contributed by atoms with Gasteiger partial charge in [-0.3, -0.25) is 9.20 Å². The second-order valence-corrected chi connectivity index (χ2v) is 8.47. The molecular weight excluding hydrogens is 431 g/mol. The molecule has 158 valence electrons. The molecule has 6 nitrogen and oxygen atoms in total. The van der Waals surface area contributed by atoms with Crippen molar-refractivity contribution >= 4 is 27.2 Å². The van der Waals surface area contributed by atoms with E-state index in [0.29, 0.717) is 17.2 Å². The lowest BCUT2D eigenvalue weighted by atomic mass is 10.1. The van der Waals surface area contributed by atoms with Crippen molar-refractivity contribution in [2.75, 3.05) is 5.32 Å². The Labute approximate surface area is 174 Å². The van der Waals surface area contributed by atoms with Gasteiger partial charge in [-0.1, -0.05) is 36.4 Å². The van der Waals surface area contributed by atoms with Gasteiger partial charge in [0.25, 0.3) is 15.7 Å². The summed E-state index contributed by atoms with van der Waals surface area (Å²) in [5.74, 6) is -0.252. The zero-order valence-electron chi connectivity index (χ0n) is 15.7. The molecule has 2 heterocycles. The second kappa shape index (κ2) is 7.55. The monoisotopic (exact) mass is 445 g/mol. The van der Waals surface area contributed by atoms with Crippen LogP contribution in [0.2, 0.25) is 0 Å². The summed E-state index contributed by atoms with van der Waals surface area (Å²) in [7, 11) is -5.49. The number of hydrogen-bond donors (Lipinski definition) is 1. The molecule has 2 aromatic carbocycles. The van der Waals surface area contributed by atoms with Gasteiger partial charge in [-0.15, -0.1) is 0 Å². The lowest BCUT2D eigenvalue weighted by Gasteiger charge is -2.10. The van der Waals surface area contributed by atoms with Crippen molar-refractivity contribution in [3.63, 3.8) is 0 Å². The molecule has 0 aliphatic heterocycles. The number of nitrogens with zero attached hydrogens (tertiary/aromatic N) is 2. The first-order valence-corrected chi connectivity index (χ1v) is 10.4. The molecule has 4 aromatic rings. The lowest BCUT2D eigenvalue weighted by molar-refractivity contribution is -0.0436. The number of aromatic nitrogens is 2. The number of fused-ring (bicyclic) bond motifs is 1. The average Bonchev–Trinajstić information content (AvgIpc) is 3.12. The first kappa shape index (κ1) is 20.6. The Bertz CT molecular complexity index is 1360. The lowest BCUT2D eigenvalue weighted by Crippen LogP contribution is -2.23. The number of nitrogens with one attached hydrogen (secondary N) is 1. The number of rotatable bonds is 4. The van der Waals surface area contributed by atoms with Crippen molar-refractivity contribution in [3.05, 3.63) is 84.6 Å². The highest BCUT2D eigenvalue weighted by Crippen LogP contribution is 2.31. The molecule has 0 fully saturated rings. The predicted octanol–water partition coefficient (Wildman–Crippen LogP) is 4.55. The highest BCUT2D eigenvalue weighted by Gasteiger charge is 2.46. The maximum Gasteiger partial charge on any atom is 0.501 e. The van der Waals surface area contributed by atoms with Crippen LogP contribution in [0.25, 0.3) is 16.9 Å². The summed E-state index contributed by atoms with van der Waals surface area (Å²) in [5, 5.41) is 2.73. The normalized spacial score (nSPS) is 12.1. The van der Waals surface area contributed by atoms with Gasteiger partial charge in [0.05, 0.1) is 4.90 Å². The molecule has 0 saturated carbocycles. The van der Waals surface area contributed by atoms with E-state index in [-0.39, 0.29) is 5.56 Å². The summed E-state index contributed by atoms with van der Waals surface area (Å²) in [6.45, 7) is 0. The van der Waals surface area contributed by atoms with E-state index >= 15 is 0 Å². The Morgan fingerprint density at radius 1 is 0.903 bits per heavy atom. The third-order valence-electron chi connectivity index (χ3n) is 4.54. The fourth-order valence-corrected chi connectivity index (χ4v) is 3.77. The number of amides is 1. The highest BCUT2D eigenvalue weighted by molar-refractivity contribution is 7.92. The molecule has 31 heavy (non-hydrogen) atoms. The van der Waals surface area contributed by atoms with E-state index < -0.39 is 26.1 Å². The van der Waals surface area contributed by atoms with Crippen molar-refractivity contribution in [3.8, 4) is 11.3 Å². The van der Waals surface area contributed by atoms with Crippen LogP contribution in [0.4, 0.5) is 19.0 Å². The van der Waals surface area contributed by atoms with E-state index in [0.717, 1.165) is 29.8 Å². The van der Waals surface area contributed by atoms with Crippen molar-refractivity contribution < 1.29 is 26.4 Å². The van der Waals surface area contributed by atoms with Crippen LogP contribution in [0.15, 0.2) is 83.9 Å². The number of imidazole rings is 1. The Morgan fingerprint density at radius 2 is 1.55 bits per heavy atom. The van der Waals surface area contributed by atoms with E-state index in [2.05, 4.69) is 10.3 Å². The summed E-state index contributed by atoms with van der Waals surface area (Å²) in [6.07, 6.45) is 1.71. The van der Waals surface area contributed by atoms with E-state index in [1.54, 1.807) is 28.8 Å². The summed E-state index contributed by atoms with van der Waals surface area (Å²) in [5.41, 5.74) is -3.57. The average molecular weight is 445 g/mol. The van der Waals surface area contributed by atoms with Gasteiger partial charge in [0, 0.05) is 17.3 Å². The number of carbonyl (C=O) groups is 1. The minimum absolute atomic E-state index is 0.00832. The third-order valence-corrected chi connectivity index (χ3v) is 6.04. The SMILES string of the molecule is O=C(Nc1c(-c2ccccc2)nc2ccccn12)c1ccc(S(=O)(=O)C(F)(F)F)cc1. The van der Waals surface area contributed by atoms with E-state index in [4.69, 9.17) is 0 Å². The smallest absolute Gasteiger partial charge is 0.306 e. The summed E-state index contributed by atoms with van der Waals surface area (Å²) in [6, 6.07) is 18.0. The molecule has 0 bridgehead atoms. The van der Waals surface area contributed by atoms with Gasteiger partial charge in [-0.2, -0.15) is 13.2 Å². The number of hydrogen-bond acceptors (Lipinski definition) is 4.